The highest BCUT2D eigenvalue weighted by molar-refractivity contribution is 6.29. The topological polar surface area (TPSA) is 21.2 Å². The van der Waals surface area contributed by atoms with Gasteiger partial charge in [0.25, 0.3) is 6.33 Å². The average Bonchev–Trinajstić information content (AvgIpc) is 3.65. The summed E-state index contributed by atoms with van der Waals surface area (Å²) >= 11 is 0. The number of aromatic nitrogens is 3. The van der Waals surface area contributed by atoms with Gasteiger partial charge in [0, 0.05) is 10.8 Å². The molecule has 3 heterocycles. The van der Waals surface area contributed by atoms with E-state index in [2.05, 4.69) is 84.5 Å². The van der Waals surface area contributed by atoms with E-state index in [0.29, 0.717) is 5.92 Å². The van der Waals surface area contributed by atoms with E-state index in [-0.39, 0.29) is 0 Å². The SMILES string of the molecule is Cc1c2ccccc2c(C)c2c1c1c3c(cc(C4CC5CCC4C5)c4c5ccccc5n2c43)nc[n+]1C. The Morgan fingerprint density at radius 3 is 2.32 bits per heavy atom. The summed E-state index contributed by atoms with van der Waals surface area (Å²) in [6.45, 7) is 4.63. The van der Waals surface area contributed by atoms with Gasteiger partial charge in [0.15, 0.2) is 5.52 Å². The molecule has 0 aliphatic heterocycles. The van der Waals surface area contributed by atoms with Gasteiger partial charge in [0.05, 0.1) is 34.4 Å². The number of pyridine rings is 1. The van der Waals surface area contributed by atoms with E-state index in [1.807, 2.05) is 6.33 Å². The minimum absolute atomic E-state index is 0.655. The van der Waals surface area contributed by atoms with Gasteiger partial charge in [-0.2, -0.15) is 0 Å². The molecule has 2 fully saturated rings. The molecule has 2 aliphatic rings. The van der Waals surface area contributed by atoms with Crippen LogP contribution in [0.2, 0.25) is 0 Å². The second kappa shape index (κ2) is 6.77. The van der Waals surface area contributed by atoms with Crippen LogP contribution in [0, 0.1) is 25.7 Å². The zero-order chi connectivity index (χ0) is 24.6. The number of para-hydroxylation sites is 1. The molecule has 3 unspecified atom stereocenters. The number of nitrogens with zero attached hydrogens (tertiary/aromatic N) is 3. The molecule has 0 N–H and O–H groups in total. The van der Waals surface area contributed by atoms with Crippen LogP contribution < -0.4 is 4.57 Å². The number of benzene rings is 4. The number of rotatable bonds is 1. The Morgan fingerprint density at radius 1 is 0.811 bits per heavy atom. The fourth-order valence-electron chi connectivity index (χ4n) is 8.69. The van der Waals surface area contributed by atoms with Gasteiger partial charge in [-0.05, 0) is 95.4 Å². The smallest absolute Gasteiger partial charge is 0.287 e. The van der Waals surface area contributed by atoms with Crippen LogP contribution in [0.4, 0.5) is 0 Å². The number of aryl methyl sites for hydroxylation is 3. The third kappa shape index (κ3) is 2.35. The van der Waals surface area contributed by atoms with Crippen LogP contribution in [0.1, 0.15) is 48.3 Å². The van der Waals surface area contributed by atoms with Gasteiger partial charge >= 0.3 is 0 Å². The molecule has 9 rings (SSSR count). The summed E-state index contributed by atoms with van der Waals surface area (Å²) < 4.78 is 4.88. The summed E-state index contributed by atoms with van der Waals surface area (Å²) in [7, 11) is 2.17. The van der Waals surface area contributed by atoms with Crippen molar-refractivity contribution in [3.8, 4) is 0 Å². The van der Waals surface area contributed by atoms with Gasteiger partial charge < -0.3 is 4.40 Å². The third-order valence-electron chi connectivity index (χ3n) is 10.2. The highest BCUT2D eigenvalue weighted by Gasteiger charge is 2.42. The summed E-state index contributed by atoms with van der Waals surface area (Å²) in [5.74, 6) is 2.40. The predicted molar refractivity (Wildman–Crippen MR) is 153 cm³/mol. The standard InChI is InChI=1S/C34H30N3/c1-18-22-8-4-5-9-23(22)19(2)32-29(18)33-31-27(35-17-36(33)3)16-26(25-15-20-12-13-21(25)14-20)30-24-10-6-7-11-28(24)37(32)34(30)31/h4-11,16-17,20-21,25H,12-15H2,1-3H3/q+1. The second-order valence-corrected chi connectivity index (χ2v) is 11.9. The van der Waals surface area contributed by atoms with E-state index in [0.717, 1.165) is 17.4 Å². The molecule has 2 aliphatic carbocycles. The van der Waals surface area contributed by atoms with Gasteiger partial charge in [0.2, 0.25) is 0 Å². The molecule has 0 amide bonds. The molecule has 37 heavy (non-hydrogen) atoms. The Kier molecular flexibility index (Phi) is 3.73. The van der Waals surface area contributed by atoms with Crippen LogP contribution in [0.15, 0.2) is 60.9 Å². The molecule has 3 nitrogen and oxygen atoms in total. The Hall–Kier alpha value is -3.72. The molecule has 0 radical (unpaired) electrons. The fourth-order valence-corrected chi connectivity index (χ4v) is 8.69. The zero-order valence-corrected chi connectivity index (χ0v) is 21.7. The van der Waals surface area contributed by atoms with Crippen molar-refractivity contribution >= 4 is 59.9 Å². The van der Waals surface area contributed by atoms with Crippen molar-refractivity contribution in [2.24, 2.45) is 18.9 Å². The van der Waals surface area contributed by atoms with Crippen LogP contribution in [0.5, 0.6) is 0 Å². The van der Waals surface area contributed by atoms with Gasteiger partial charge in [-0.25, -0.2) is 4.57 Å². The minimum Gasteiger partial charge on any atom is -0.307 e. The average molecular weight is 481 g/mol. The van der Waals surface area contributed by atoms with Crippen LogP contribution in [-0.2, 0) is 7.05 Å². The first-order valence-corrected chi connectivity index (χ1v) is 13.9. The Bertz CT molecular complexity index is 2100. The first-order valence-electron chi connectivity index (χ1n) is 13.9. The Balaban J connectivity index is 1.63. The minimum atomic E-state index is 0.655. The van der Waals surface area contributed by atoms with Gasteiger partial charge in [-0.15, -0.1) is 0 Å². The van der Waals surface area contributed by atoms with E-state index < -0.39 is 0 Å². The second-order valence-electron chi connectivity index (χ2n) is 11.9. The molecule has 2 bridgehead atoms. The zero-order valence-electron chi connectivity index (χ0n) is 21.7. The van der Waals surface area contributed by atoms with Gasteiger partial charge in [-0.3, -0.25) is 0 Å². The van der Waals surface area contributed by atoms with E-state index >= 15 is 0 Å². The molecule has 3 aromatic heterocycles. The number of fused-ring (bicyclic) bond motifs is 9. The molecule has 180 valence electrons. The summed E-state index contributed by atoms with van der Waals surface area (Å²) in [5.41, 5.74) is 10.8. The van der Waals surface area contributed by atoms with E-state index in [1.165, 1.54) is 91.2 Å². The number of hydrogen-bond acceptors (Lipinski definition) is 1. The van der Waals surface area contributed by atoms with E-state index in [1.54, 1.807) is 5.56 Å². The summed E-state index contributed by atoms with van der Waals surface area (Å²) in [6, 6.07) is 20.5. The summed E-state index contributed by atoms with van der Waals surface area (Å²) in [5, 5.41) is 8.24. The van der Waals surface area contributed by atoms with Crippen molar-refractivity contribution in [1.82, 2.24) is 9.38 Å². The number of hydrogen-bond donors (Lipinski definition) is 0. The maximum atomic E-state index is 5.07. The van der Waals surface area contributed by atoms with Crippen LogP contribution in [0.25, 0.3) is 59.9 Å². The lowest BCUT2D eigenvalue weighted by Crippen LogP contribution is -2.30. The quantitative estimate of drug-likeness (QED) is 0.133. The molecular weight excluding hydrogens is 450 g/mol. The lowest BCUT2D eigenvalue weighted by molar-refractivity contribution is -0.646. The fraction of sp³-hybridized carbons (Fsp3) is 0.294. The predicted octanol–water partition coefficient (Wildman–Crippen LogP) is 7.88. The molecule has 3 atom stereocenters. The highest BCUT2D eigenvalue weighted by Crippen LogP contribution is 2.56. The molecule has 4 aromatic carbocycles. The van der Waals surface area contributed by atoms with Crippen molar-refractivity contribution in [2.45, 2.75) is 45.4 Å². The maximum Gasteiger partial charge on any atom is 0.287 e. The van der Waals surface area contributed by atoms with Crippen LogP contribution >= 0.6 is 0 Å². The first kappa shape index (κ1) is 20.4. The van der Waals surface area contributed by atoms with Crippen molar-refractivity contribution < 1.29 is 4.57 Å². The summed E-state index contributed by atoms with van der Waals surface area (Å²) in [4.78, 5) is 5.07. The van der Waals surface area contributed by atoms with Crippen molar-refractivity contribution in [3.63, 3.8) is 0 Å². The molecule has 0 saturated heterocycles. The van der Waals surface area contributed by atoms with Crippen LogP contribution in [-0.4, -0.2) is 9.38 Å². The largest absolute Gasteiger partial charge is 0.307 e. The normalized spacial score (nSPS) is 21.8. The van der Waals surface area contributed by atoms with Crippen LogP contribution in [0.3, 0.4) is 0 Å². The molecular formula is C34H30N3+. The molecule has 3 heteroatoms. The lowest BCUT2D eigenvalue weighted by atomic mass is 9.81. The third-order valence-corrected chi connectivity index (χ3v) is 10.2. The first-order chi connectivity index (χ1) is 18.1. The van der Waals surface area contributed by atoms with E-state index in [9.17, 15) is 0 Å². The van der Waals surface area contributed by atoms with Crippen molar-refractivity contribution in [3.05, 3.63) is 77.6 Å². The molecule has 7 aromatic rings. The summed E-state index contributed by atoms with van der Waals surface area (Å²) in [6.07, 6.45) is 7.62. The lowest BCUT2D eigenvalue weighted by Gasteiger charge is -2.24. The van der Waals surface area contributed by atoms with Crippen molar-refractivity contribution in [1.29, 1.82) is 0 Å². The van der Waals surface area contributed by atoms with Gasteiger partial charge in [-0.1, -0.05) is 48.9 Å². The molecule has 0 spiro atoms. The van der Waals surface area contributed by atoms with E-state index in [4.69, 9.17) is 4.98 Å². The highest BCUT2D eigenvalue weighted by atomic mass is 15.0. The Morgan fingerprint density at radius 2 is 1.57 bits per heavy atom. The Labute approximate surface area is 215 Å². The molecule has 2 saturated carbocycles. The van der Waals surface area contributed by atoms with Crippen molar-refractivity contribution in [2.75, 3.05) is 0 Å². The monoisotopic (exact) mass is 480 g/mol. The van der Waals surface area contributed by atoms with Gasteiger partial charge in [0.1, 0.15) is 5.52 Å². The maximum absolute atomic E-state index is 5.07.